The summed E-state index contributed by atoms with van der Waals surface area (Å²) >= 11 is 6.50. The molecular weight excluding hydrogens is 378 g/mol. The van der Waals surface area contributed by atoms with E-state index in [4.69, 9.17) is 16.1 Å². The Morgan fingerprint density at radius 1 is 1.43 bits per heavy atom. The van der Waals surface area contributed by atoms with Crippen molar-refractivity contribution in [2.24, 2.45) is 13.0 Å². The van der Waals surface area contributed by atoms with E-state index < -0.39 is 0 Å². The highest BCUT2D eigenvalue weighted by atomic mass is 35.5. The average molecular weight is 408 g/mol. The summed E-state index contributed by atoms with van der Waals surface area (Å²) in [5, 5.41) is 12.6. The summed E-state index contributed by atoms with van der Waals surface area (Å²) in [4.78, 5) is 14.8. The van der Waals surface area contributed by atoms with E-state index in [1.807, 2.05) is 17.9 Å². The zero-order chi connectivity index (χ0) is 20.3. The van der Waals surface area contributed by atoms with E-state index in [1.54, 1.807) is 11.7 Å². The number of hydrogen-bond acceptors (Lipinski definition) is 5. The number of halogens is 1. The lowest BCUT2D eigenvalue weighted by Gasteiger charge is -2.21. The van der Waals surface area contributed by atoms with Crippen LogP contribution in [0, 0.1) is 12.8 Å². The van der Waals surface area contributed by atoms with Gasteiger partial charge in [0.15, 0.2) is 0 Å². The van der Waals surface area contributed by atoms with Gasteiger partial charge in [-0.3, -0.25) is 9.48 Å². The molecule has 1 amide bonds. The molecule has 0 bridgehead atoms. The largest absolute Gasteiger partial charge is 0.361 e. The summed E-state index contributed by atoms with van der Waals surface area (Å²) < 4.78 is 6.81. The third kappa shape index (κ3) is 4.94. The van der Waals surface area contributed by atoms with E-state index >= 15 is 0 Å². The lowest BCUT2D eigenvalue weighted by molar-refractivity contribution is -0.131. The highest BCUT2D eigenvalue weighted by Crippen LogP contribution is 2.30. The fourth-order valence-electron chi connectivity index (χ4n) is 3.57. The third-order valence-electron chi connectivity index (χ3n) is 5.20. The van der Waals surface area contributed by atoms with Crippen LogP contribution in [0.25, 0.3) is 11.4 Å². The first-order valence-corrected chi connectivity index (χ1v) is 10.4. The molecule has 2 aromatic rings. The number of aromatic nitrogens is 3. The summed E-state index contributed by atoms with van der Waals surface area (Å²) in [7, 11) is 1.79. The molecule has 0 aliphatic carbocycles. The van der Waals surface area contributed by atoms with Crippen LogP contribution in [0.3, 0.4) is 0 Å². The van der Waals surface area contributed by atoms with Crippen molar-refractivity contribution in [3.05, 3.63) is 22.5 Å². The number of aryl methyl sites for hydroxylation is 2. The Kier molecular flexibility index (Phi) is 6.78. The van der Waals surface area contributed by atoms with Crippen LogP contribution in [0.2, 0.25) is 5.15 Å². The molecule has 1 fully saturated rings. The summed E-state index contributed by atoms with van der Waals surface area (Å²) in [6.45, 7) is 8.39. The minimum Gasteiger partial charge on any atom is -0.361 e. The van der Waals surface area contributed by atoms with Crippen molar-refractivity contribution in [2.45, 2.75) is 59.0 Å². The van der Waals surface area contributed by atoms with Crippen molar-refractivity contribution >= 4 is 17.5 Å². The van der Waals surface area contributed by atoms with Crippen LogP contribution in [0.4, 0.5) is 0 Å². The fraction of sp³-hybridized carbons (Fsp3) is 0.650. The number of amides is 1. The van der Waals surface area contributed by atoms with Gasteiger partial charge in [-0.15, -0.1) is 0 Å². The number of carbonyl (C=O) groups is 1. The van der Waals surface area contributed by atoms with Gasteiger partial charge in [-0.2, -0.15) is 5.10 Å². The SMILES string of the molecule is Cc1cc(-c2nn(C)c(Cl)c2CN2CCCC(NCCC(C)C)CC2=O)no1. The van der Waals surface area contributed by atoms with Crippen LogP contribution in [-0.4, -0.2) is 44.9 Å². The first-order chi connectivity index (χ1) is 13.3. The molecule has 0 saturated carbocycles. The van der Waals surface area contributed by atoms with Gasteiger partial charge in [0.25, 0.3) is 0 Å². The Bertz CT molecular complexity index is 814. The summed E-state index contributed by atoms with van der Waals surface area (Å²) in [6, 6.07) is 2.08. The van der Waals surface area contributed by atoms with Crippen molar-refractivity contribution in [1.29, 1.82) is 0 Å². The van der Waals surface area contributed by atoms with Crippen LogP contribution in [-0.2, 0) is 18.4 Å². The maximum atomic E-state index is 12.9. The minimum atomic E-state index is 0.154. The Morgan fingerprint density at radius 2 is 2.21 bits per heavy atom. The third-order valence-corrected chi connectivity index (χ3v) is 5.67. The highest BCUT2D eigenvalue weighted by molar-refractivity contribution is 6.30. The van der Waals surface area contributed by atoms with Crippen molar-refractivity contribution in [2.75, 3.05) is 13.1 Å². The standard InChI is InChI=1S/C20H30ClN5O2/c1-13(2)7-8-22-15-6-5-9-26(18(27)11-15)12-16-19(23-25(4)20(16)21)17-10-14(3)28-24-17/h10,13,15,22H,5-9,11-12H2,1-4H3. The van der Waals surface area contributed by atoms with E-state index in [9.17, 15) is 4.79 Å². The zero-order valence-electron chi connectivity index (χ0n) is 17.2. The predicted molar refractivity (Wildman–Crippen MR) is 109 cm³/mol. The molecular formula is C20H30ClN5O2. The van der Waals surface area contributed by atoms with Gasteiger partial charge in [0.05, 0.1) is 6.54 Å². The second kappa shape index (κ2) is 9.09. The second-order valence-electron chi connectivity index (χ2n) is 8.06. The Labute approximate surface area is 171 Å². The molecule has 1 saturated heterocycles. The van der Waals surface area contributed by atoms with Crippen LogP contribution < -0.4 is 5.32 Å². The Hall–Kier alpha value is -1.86. The van der Waals surface area contributed by atoms with Gasteiger partial charge in [0.2, 0.25) is 5.91 Å². The monoisotopic (exact) mass is 407 g/mol. The number of rotatable bonds is 7. The van der Waals surface area contributed by atoms with Gasteiger partial charge in [0, 0.05) is 37.7 Å². The van der Waals surface area contributed by atoms with Gasteiger partial charge in [-0.05, 0) is 38.6 Å². The molecule has 7 nitrogen and oxygen atoms in total. The molecule has 1 N–H and O–H groups in total. The first-order valence-electron chi connectivity index (χ1n) is 10.0. The number of hydrogen-bond donors (Lipinski definition) is 1. The van der Waals surface area contributed by atoms with E-state index in [0.29, 0.717) is 41.2 Å². The van der Waals surface area contributed by atoms with Crippen LogP contribution in [0.1, 0.15) is 50.9 Å². The van der Waals surface area contributed by atoms with Crippen LogP contribution in [0.5, 0.6) is 0 Å². The topological polar surface area (TPSA) is 76.2 Å². The molecule has 1 atom stereocenters. The molecule has 0 radical (unpaired) electrons. The molecule has 8 heteroatoms. The zero-order valence-corrected chi connectivity index (χ0v) is 17.9. The molecule has 0 aromatic carbocycles. The molecule has 154 valence electrons. The Balaban J connectivity index is 1.71. The predicted octanol–water partition coefficient (Wildman–Crippen LogP) is 3.55. The lowest BCUT2D eigenvalue weighted by Crippen LogP contribution is -2.35. The van der Waals surface area contributed by atoms with Gasteiger partial charge >= 0.3 is 0 Å². The number of nitrogens with one attached hydrogen (secondary N) is 1. The van der Waals surface area contributed by atoms with Crippen molar-refractivity contribution < 1.29 is 9.32 Å². The van der Waals surface area contributed by atoms with E-state index in [1.165, 1.54) is 0 Å². The quantitative estimate of drug-likeness (QED) is 0.759. The summed E-state index contributed by atoms with van der Waals surface area (Å²) in [5.41, 5.74) is 2.13. The van der Waals surface area contributed by atoms with Gasteiger partial charge < -0.3 is 14.7 Å². The molecule has 28 heavy (non-hydrogen) atoms. The molecule has 1 aliphatic heterocycles. The average Bonchev–Trinajstić information content (AvgIpc) is 3.12. The minimum absolute atomic E-state index is 0.154. The number of nitrogens with zero attached hydrogens (tertiary/aromatic N) is 4. The van der Waals surface area contributed by atoms with Crippen molar-refractivity contribution in [3.63, 3.8) is 0 Å². The summed E-state index contributed by atoms with van der Waals surface area (Å²) in [5.74, 6) is 1.53. The molecule has 3 rings (SSSR count). The van der Waals surface area contributed by atoms with Gasteiger partial charge in [0.1, 0.15) is 22.3 Å². The van der Waals surface area contributed by atoms with Crippen molar-refractivity contribution in [3.8, 4) is 11.4 Å². The molecule has 2 aromatic heterocycles. The molecule has 0 spiro atoms. The lowest BCUT2D eigenvalue weighted by atomic mass is 10.1. The normalized spacial score (nSPS) is 18.1. The fourth-order valence-corrected chi connectivity index (χ4v) is 3.76. The Morgan fingerprint density at radius 3 is 2.89 bits per heavy atom. The smallest absolute Gasteiger partial charge is 0.224 e. The second-order valence-corrected chi connectivity index (χ2v) is 8.42. The number of likely N-dealkylation sites (tertiary alicyclic amines) is 1. The number of carbonyl (C=O) groups excluding carboxylic acids is 1. The van der Waals surface area contributed by atoms with Crippen LogP contribution >= 0.6 is 11.6 Å². The van der Waals surface area contributed by atoms with Crippen LogP contribution in [0.15, 0.2) is 10.6 Å². The highest BCUT2D eigenvalue weighted by Gasteiger charge is 2.27. The maximum absolute atomic E-state index is 12.9. The van der Waals surface area contributed by atoms with E-state index in [0.717, 1.165) is 37.9 Å². The van der Waals surface area contributed by atoms with E-state index in [-0.39, 0.29) is 11.9 Å². The maximum Gasteiger partial charge on any atom is 0.224 e. The van der Waals surface area contributed by atoms with Crippen molar-refractivity contribution in [1.82, 2.24) is 25.2 Å². The van der Waals surface area contributed by atoms with Gasteiger partial charge in [-0.1, -0.05) is 30.6 Å². The molecule has 3 heterocycles. The molecule has 1 aliphatic rings. The molecule has 1 unspecified atom stereocenters. The first kappa shape index (κ1) is 20.9. The summed E-state index contributed by atoms with van der Waals surface area (Å²) in [6.07, 6.45) is 3.63. The van der Waals surface area contributed by atoms with E-state index in [2.05, 4.69) is 29.4 Å². The van der Waals surface area contributed by atoms with Gasteiger partial charge in [-0.25, -0.2) is 0 Å².